The van der Waals surface area contributed by atoms with Crippen molar-refractivity contribution >= 4 is 45.9 Å². The van der Waals surface area contributed by atoms with Gasteiger partial charge in [0.25, 0.3) is 0 Å². The van der Waals surface area contributed by atoms with E-state index in [1.54, 1.807) is 4.68 Å². The van der Waals surface area contributed by atoms with Gasteiger partial charge in [-0.1, -0.05) is 22.0 Å². The lowest BCUT2D eigenvalue weighted by molar-refractivity contribution is 0.476. The Bertz CT molecular complexity index is 719. The van der Waals surface area contributed by atoms with E-state index in [4.69, 9.17) is 0 Å². The van der Waals surface area contributed by atoms with Crippen molar-refractivity contribution in [1.82, 2.24) is 20.0 Å². The molecular weight excluding hydrogens is 512 g/mol. The van der Waals surface area contributed by atoms with Crippen molar-refractivity contribution in [2.45, 2.75) is 26.3 Å². The summed E-state index contributed by atoms with van der Waals surface area (Å²) < 4.78 is 16.4. The number of hydrogen-bond donors (Lipinski definition) is 1. The van der Waals surface area contributed by atoms with Crippen molar-refractivity contribution in [2.24, 2.45) is 12.0 Å². The highest BCUT2D eigenvalue weighted by Crippen LogP contribution is 2.16. The van der Waals surface area contributed by atoms with E-state index in [1.165, 1.54) is 6.07 Å². The smallest absolute Gasteiger partial charge is 0.193 e. The summed E-state index contributed by atoms with van der Waals surface area (Å²) in [5, 5.41) is 7.48. The molecule has 0 fully saturated rings. The van der Waals surface area contributed by atoms with Crippen molar-refractivity contribution < 1.29 is 4.39 Å². The number of aromatic nitrogens is 2. The Kier molecular flexibility index (Phi) is 10.1. The van der Waals surface area contributed by atoms with E-state index in [0.29, 0.717) is 13.0 Å². The fourth-order valence-corrected chi connectivity index (χ4v) is 2.88. The van der Waals surface area contributed by atoms with Crippen LogP contribution in [0.4, 0.5) is 4.39 Å². The second-order valence-corrected chi connectivity index (χ2v) is 6.87. The summed E-state index contributed by atoms with van der Waals surface area (Å²) in [6.07, 6.45) is 5.33. The minimum absolute atomic E-state index is 0. The van der Waals surface area contributed by atoms with Crippen LogP contribution in [-0.4, -0.2) is 40.8 Å². The summed E-state index contributed by atoms with van der Waals surface area (Å²) in [5.41, 5.74) is 1.86. The molecule has 5 nitrogen and oxygen atoms in total. The minimum Gasteiger partial charge on any atom is -0.357 e. The lowest BCUT2D eigenvalue weighted by Gasteiger charge is -2.21. The Morgan fingerprint density at radius 1 is 1.42 bits per heavy atom. The standard InChI is InChI=1S/C18H25BrFN5.HI/c1-4-21-18(24(2)12-14-11-23-25(3)13-14)22-9-5-6-15-7-8-16(19)10-17(15)20;/h7-8,10-11,13H,4-6,9,12H2,1-3H3,(H,21,22);1H. The van der Waals surface area contributed by atoms with Gasteiger partial charge in [0, 0.05) is 50.0 Å². The molecule has 8 heteroatoms. The van der Waals surface area contributed by atoms with Crippen LogP contribution in [0.25, 0.3) is 0 Å². The second-order valence-electron chi connectivity index (χ2n) is 5.95. The zero-order valence-corrected chi connectivity index (χ0v) is 19.3. The molecule has 0 saturated heterocycles. The van der Waals surface area contributed by atoms with Gasteiger partial charge in [-0.15, -0.1) is 24.0 Å². The minimum atomic E-state index is -0.168. The van der Waals surface area contributed by atoms with E-state index in [9.17, 15) is 4.39 Å². The van der Waals surface area contributed by atoms with Crippen LogP contribution in [-0.2, 0) is 20.0 Å². The largest absolute Gasteiger partial charge is 0.357 e. The molecular formula is C18H26BrFIN5. The molecule has 2 aromatic rings. The van der Waals surface area contributed by atoms with Gasteiger partial charge in [0.05, 0.1) is 6.20 Å². The fraction of sp³-hybridized carbons (Fsp3) is 0.444. The number of rotatable bonds is 7. The van der Waals surface area contributed by atoms with Crippen molar-refractivity contribution in [1.29, 1.82) is 0 Å². The molecule has 1 heterocycles. The van der Waals surface area contributed by atoms with Gasteiger partial charge >= 0.3 is 0 Å². The highest BCUT2D eigenvalue weighted by molar-refractivity contribution is 14.0. The summed E-state index contributed by atoms with van der Waals surface area (Å²) >= 11 is 3.28. The van der Waals surface area contributed by atoms with Crippen molar-refractivity contribution in [2.75, 3.05) is 20.1 Å². The average Bonchev–Trinajstić information content (AvgIpc) is 2.97. The molecule has 1 aromatic heterocycles. The summed E-state index contributed by atoms with van der Waals surface area (Å²) in [4.78, 5) is 6.72. The lowest BCUT2D eigenvalue weighted by Crippen LogP contribution is -2.38. The van der Waals surface area contributed by atoms with Gasteiger partial charge in [0.15, 0.2) is 5.96 Å². The maximum absolute atomic E-state index is 13.8. The van der Waals surface area contributed by atoms with Crippen molar-refractivity contribution in [3.8, 4) is 0 Å². The van der Waals surface area contributed by atoms with E-state index < -0.39 is 0 Å². The first-order chi connectivity index (χ1) is 12.0. The number of nitrogens with one attached hydrogen (secondary N) is 1. The Hall–Kier alpha value is -1.16. The third-order valence-electron chi connectivity index (χ3n) is 3.76. The van der Waals surface area contributed by atoms with Crippen LogP contribution in [0.15, 0.2) is 40.1 Å². The zero-order chi connectivity index (χ0) is 18.2. The number of hydrogen-bond acceptors (Lipinski definition) is 2. The Labute approximate surface area is 180 Å². The first kappa shape index (κ1) is 22.9. The van der Waals surface area contributed by atoms with Gasteiger partial charge in [-0.25, -0.2) is 4.39 Å². The molecule has 0 aliphatic carbocycles. The molecule has 0 saturated carbocycles. The highest BCUT2D eigenvalue weighted by Gasteiger charge is 2.08. The fourth-order valence-electron chi connectivity index (χ4n) is 2.55. The number of guanidine groups is 1. The molecule has 0 aliphatic heterocycles. The molecule has 0 amide bonds. The Balaban J connectivity index is 0.00000338. The molecule has 1 N–H and O–H groups in total. The summed E-state index contributed by atoms with van der Waals surface area (Å²) in [6, 6.07) is 5.20. The summed E-state index contributed by atoms with van der Waals surface area (Å²) in [6.45, 7) is 4.23. The van der Waals surface area contributed by atoms with Crippen LogP contribution >= 0.6 is 39.9 Å². The van der Waals surface area contributed by atoms with Crippen LogP contribution in [0.2, 0.25) is 0 Å². The molecule has 0 aliphatic rings. The zero-order valence-electron chi connectivity index (χ0n) is 15.4. The number of nitrogens with zero attached hydrogens (tertiary/aromatic N) is 4. The van der Waals surface area contributed by atoms with Crippen LogP contribution in [0.5, 0.6) is 0 Å². The first-order valence-electron chi connectivity index (χ1n) is 8.40. The normalized spacial score (nSPS) is 11.2. The molecule has 0 unspecified atom stereocenters. The van der Waals surface area contributed by atoms with Crippen LogP contribution < -0.4 is 5.32 Å². The summed E-state index contributed by atoms with van der Waals surface area (Å²) in [7, 11) is 3.91. The van der Waals surface area contributed by atoms with Crippen LogP contribution in [0.3, 0.4) is 0 Å². The molecule has 144 valence electrons. The Morgan fingerprint density at radius 3 is 2.81 bits per heavy atom. The highest BCUT2D eigenvalue weighted by atomic mass is 127. The van der Waals surface area contributed by atoms with Crippen molar-refractivity contribution in [3.63, 3.8) is 0 Å². The van der Waals surface area contributed by atoms with Gasteiger partial charge in [0.1, 0.15) is 5.82 Å². The molecule has 0 radical (unpaired) electrons. The SMILES string of the molecule is CCNC(=NCCCc1ccc(Br)cc1F)N(C)Cc1cnn(C)c1.I. The Morgan fingerprint density at radius 2 is 2.19 bits per heavy atom. The van der Waals surface area contributed by atoms with E-state index >= 15 is 0 Å². The third-order valence-corrected chi connectivity index (χ3v) is 4.25. The van der Waals surface area contributed by atoms with Gasteiger partial charge in [0.2, 0.25) is 0 Å². The van der Waals surface area contributed by atoms with Gasteiger partial charge in [-0.05, 0) is 37.5 Å². The molecule has 0 atom stereocenters. The lowest BCUT2D eigenvalue weighted by atomic mass is 10.1. The van der Waals surface area contributed by atoms with Gasteiger partial charge in [-0.2, -0.15) is 5.10 Å². The van der Waals surface area contributed by atoms with E-state index in [2.05, 4.69) is 36.2 Å². The molecule has 2 rings (SSSR count). The predicted molar refractivity (Wildman–Crippen MR) is 118 cm³/mol. The molecule has 1 aromatic carbocycles. The van der Waals surface area contributed by atoms with E-state index in [-0.39, 0.29) is 29.8 Å². The van der Waals surface area contributed by atoms with Crippen LogP contribution in [0, 0.1) is 5.82 Å². The summed E-state index contributed by atoms with van der Waals surface area (Å²) in [5.74, 6) is 0.682. The maximum Gasteiger partial charge on any atom is 0.193 e. The van der Waals surface area contributed by atoms with Gasteiger partial charge in [-0.3, -0.25) is 9.67 Å². The average molecular weight is 538 g/mol. The predicted octanol–water partition coefficient (Wildman–Crippen LogP) is 3.97. The quantitative estimate of drug-likeness (QED) is 0.251. The maximum atomic E-state index is 13.8. The van der Waals surface area contributed by atoms with Gasteiger partial charge < -0.3 is 10.2 Å². The number of halogens is 3. The monoisotopic (exact) mass is 537 g/mol. The third kappa shape index (κ3) is 7.22. The molecule has 0 spiro atoms. The van der Waals surface area contributed by atoms with Crippen molar-refractivity contribution in [3.05, 3.63) is 52.0 Å². The van der Waals surface area contributed by atoms with E-state index in [0.717, 1.165) is 41.1 Å². The molecule has 0 bridgehead atoms. The molecule has 26 heavy (non-hydrogen) atoms. The topological polar surface area (TPSA) is 45.5 Å². The first-order valence-corrected chi connectivity index (χ1v) is 9.19. The van der Waals surface area contributed by atoms with E-state index in [1.807, 2.05) is 45.5 Å². The number of aryl methyl sites for hydroxylation is 2. The number of aliphatic imine (C=N–C) groups is 1. The number of benzene rings is 1. The second kappa shape index (κ2) is 11.5. The van der Waals surface area contributed by atoms with Crippen LogP contribution in [0.1, 0.15) is 24.5 Å².